The van der Waals surface area contributed by atoms with E-state index < -0.39 is 0 Å². The first kappa shape index (κ1) is 23.8. The highest BCUT2D eigenvalue weighted by atomic mass is 16.3. The number of carbonyl (C=O) groups excluding carboxylic acids is 1. The van der Waals surface area contributed by atoms with Crippen molar-refractivity contribution in [3.8, 4) is 17.0 Å². The SMILES string of the molecule is Cc1cc(N=O)ccc1-c1nc(CC2=CC=CCC=C2)c(NC(=O)Cc2ccc(O)cc2)nc1C. The zero-order chi connectivity index (χ0) is 24.8. The molecule has 176 valence electrons. The van der Waals surface area contributed by atoms with Crippen LogP contribution in [-0.4, -0.2) is 21.0 Å². The van der Waals surface area contributed by atoms with Gasteiger partial charge in [-0.05, 0) is 66.4 Å². The molecule has 1 aliphatic carbocycles. The second-order valence-corrected chi connectivity index (χ2v) is 8.42. The van der Waals surface area contributed by atoms with E-state index in [9.17, 15) is 14.8 Å². The average Bonchev–Trinajstić information content (AvgIpc) is 3.11. The van der Waals surface area contributed by atoms with Gasteiger partial charge in [0.1, 0.15) is 11.4 Å². The van der Waals surface area contributed by atoms with Crippen LogP contribution in [0.1, 0.15) is 28.9 Å². The number of aromatic hydroxyl groups is 1. The zero-order valence-corrected chi connectivity index (χ0v) is 19.7. The molecule has 0 saturated heterocycles. The molecule has 7 nitrogen and oxygen atoms in total. The van der Waals surface area contributed by atoms with Crippen molar-refractivity contribution in [2.75, 3.05) is 5.32 Å². The van der Waals surface area contributed by atoms with Crippen LogP contribution in [0.3, 0.4) is 0 Å². The summed E-state index contributed by atoms with van der Waals surface area (Å²) in [4.78, 5) is 33.4. The summed E-state index contributed by atoms with van der Waals surface area (Å²) >= 11 is 0. The van der Waals surface area contributed by atoms with Gasteiger partial charge in [0, 0.05) is 12.0 Å². The second kappa shape index (κ2) is 10.7. The number of amides is 1. The fraction of sp³-hybridized carbons (Fsp3) is 0.179. The van der Waals surface area contributed by atoms with E-state index in [1.54, 1.807) is 36.4 Å². The van der Waals surface area contributed by atoms with Gasteiger partial charge in [0.2, 0.25) is 5.91 Å². The number of hydrogen-bond donors (Lipinski definition) is 2. The van der Waals surface area contributed by atoms with Crippen LogP contribution < -0.4 is 5.32 Å². The Bertz CT molecular complexity index is 1360. The van der Waals surface area contributed by atoms with E-state index in [4.69, 9.17) is 9.97 Å². The van der Waals surface area contributed by atoms with E-state index in [0.717, 1.165) is 28.7 Å². The first-order valence-corrected chi connectivity index (χ1v) is 11.3. The highest BCUT2D eigenvalue weighted by Crippen LogP contribution is 2.30. The molecule has 0 spiro atoms. The smallest absolute Gasteiger partial charge is 0.229 e. The van der Waals surface area contributed by atoms with E-state index in [0.29, 0.717) is 35.0 Å². The monoisotopic (exact) mass is 466 g/mol. The number of rotatable bonds is 7. The standard InChI is InChI=1S/C28H26N4O3/c1-18-15-22(32-35)11-14-24(18)27-19(2)29-28(25(30-27)16-20-7-5-3-4-6-8-20)31-26(34)17-21-9-12-23(33)13-10-21/h3,5-15,33H,4,16-17H2,1-2H3,(H,29,31,34). The molecule has 1 heterocycles. The van der Waals surface area contributed by atoms with Crippen molar-refractivity contribution in [1.82, 2.24) is 9.97 Å². The van der Waals surface area contributed by atoms with E-state index in [2.05, 4.69) is 28.7 Å². The average molecular weight is 467 g/mol. The Hall–Kier alpha value is -4.39. The van der Waals surface area contributed by atoms with Crippen molar-refractivity contribution in [1.29, 1.82) is 0 Å². The lowest BCUT2D eigenvalue weighted by Crippen LogP contribution is -2.18. The summed E-state index contributed by atoms with van der Waals surface area (Å²) in [7, 11) is 0. The number of hydrogen-bond acceptors (Lipinski definition) is 6. The lowest BCUT2D eigenvalue weighted by molar-refractivity contribution is -0.115. The number of phenolic OH excluding ortho intramolecular Hbond substituents is 1. The molecule has 0 radical (unpaired) electrons. The number of nitrogens with one attached hydrogen (secondary N) is 1. The Morgan fingerprint density at radius 2 is 1.89 bits per heavy atom. The van der Waals surface area contributed by atoms with Crippen molar-refractivity contribution >= 4 is 17.4 Å². The number of allylic oxidation sites excluding steroid dienone is 6. The van der Waals surface area contributed by atoms with Crippen LogP contribution in [0.5, 0.6) is 5.75 Å². The molecule has 2 N–H and O–H groups in total. The summed E-state index contributed by atoms with van der Waals surface area (Å²) < 4.78 is 0. The van der Waals surface area contributed by atoms with Gasteiger partial charge in [0.15, 0.2) is 5.82 Å². The van der Waals surface area contributed by atoms with Crippen molar-refractivity contribution in [2.24, 2.45) is 5.18 Å². The number of nitrogens with zero attached hydrogens (tertiary/aromatic N) is 3. The molecule has 35 heavy (non-hydrogen) atoms. The number of aryl methyl sites for hydroxylation is 2. The molecule has 0 atom stereocenters. The molecule has 7 heteroatoms. The van der Waals surface area contributed by atoms with Crippen LogP contribution in [-0.2, 0) is 17.6 Å². The maximum absolute atomic E-state index is 12.8. The Morgan fingerprint density at radius 1 is 1.09 bits per heavy atom. The predicted molar refractivity (Wildman–Crippen MR) is 138 cm³/mol. The Morgan fingerprint density at radius 3 is 2.63 bits per heavy atom. The molecule has 0 saturated carbocycles. The number of aromatic nitrogens is 2. The van der Waals surface area contributed by atoms with Gasteiger partial charge < -0.3 is 10.4 Å². The highest BCUT2D eigenvalue weighted by molar-refractivity contribution is 5.92. The third-order valence-corrected chi connectivity index (χ3v) is 5.69. The van der Waals surface area contributed by atoms with Crippen LogP contribution in [0.15, 0.2) is 83.6 Å². The van der Waals surface area contributed by atoms with Crippen LogP contribution in [0.25, 0.3) is 11.3 Å². The first-order chi connectivity index (χ1) is 16.9. The minimum absolute atomic E-state index is 0.146. The van der Waals surface area contributed by atoms with E-state index >= 15 is 0 Å². The van der Waals surface area contributed by atoms with Crippen LogP contribution in [0.2, 0.25) is 0 Å². The molecule has 0 bridgehead atoms. The Labute approximate surface area is 203 Å². The minimum Gasteiger partial charge on any atom is -0.508 e. The van der Waals surface area contributed by atoms with Gasteiger partial charge in [-0.3, -0.25) is 4.79 Å². The molecule has 0 unspecified atom stereocenters. The van der Waals surface area contributed by atoms with Crippen molar-refractivity contribution in [3.63, 3.8) is 0 Å². The van der Waals surface area contributed by atoms with Crippen molar-refractivity contribution in [3.05, 3.63) is 106 Å². The first-order valence-electron chi connectivity index (χ1n) is 11.3. The second-order valence-electron chi connectivity index (χ2n) is 8.42. The number of phenols is 1. The van der Waals surface area contributed by atoms with E-state index in [1.807, 2.05) is 32.1 Å². The molecule has 3 aromatic rings. The lowest BCUT2D eigenvalue weighted by atomic mass is 10.0. The number of nitroso groups, excluding NO2 is 1. The topological polar surface area (TPSA) is 105 Å². The fourth-order valence-electron chi connectivity index (χ4n) is 3.91. The fourth-order valence-corrected chi connectivity index (χ4v) is 3.91. The van der Waals surface area contributed by atoms with E-state index in [-0.39, 0.29) is 18.1 Å². The molecule has 4 rings (SSSR count). The predicted octanol–water partition coefficient (Wildman–Crippen LogP) is 6.03. The molecule has 1 amide bonds. The summed E-state index contributed by atoms with van der Waals surface area (Å²) in [5.41, 5.74) is 5.91. The number of benzene rings is 2. The van der Waals surface area contributed by atoms with E-state index in [1.165, 1.54) is 0 Å². The molecule has 0 fully saturated rings. The Balaban J connectivity index is 1.70. The van der Waals surface area contributed by atoms with Gasteiger partial charge in [-0.2, -0.15) is 0 Å². The van der Waals surface area contributed by atoms with Crippen LogP contribution >= 0.6 is 0 Å². The number of anilines is 1. The van der Waals surface area contributed by atoms with Gasteiger partial charge in [0.25, 0.3) is 0 Å². The van der Waals surface area contributed by atoms with Crippen LogP contribution in [0, 0.1) is 18.8 Å². The van der Waals surface area contributed by atoms with Gasteiger partial charge in [-0.1, -0.05) is 48.6 Å². The summed E-state index contributed by atoms with van der Waals surface area (Å²) in [6.45, 7) is 3.75. The molecular weight excluding hydrogens is 440 g/mol. The summed E-state index contributed by atoms with van der Waals surface area (Å²) in [5, 5.41) is 15.4. The van der Waals surface area contributed by atoms with Gasteiger partial charge in [-0.15, -0.1) is 4.91 Å². The minimum atomic E-state index is -0.221. The van der Waals surface area contributed by atoms with Gasteiger partial charge >= 0.3 is 0 Å². The summed E-state index contributed by atoms with van der Waals surface area (Å²) in [6, 6.07) is 11.7. The molecular formula is C28H26N4O3. The third-order valence-electron chi connectivity index (χ3n) is 5.69. The molecule has 0 aliphatic heterocycles. The maximum atomic E-state index is 12.8. The molecule has 1 aromatic heterocycles. The zero-order valence-electron chi connectivity index (χ0n) is 19.7. The van der Waals surface area contributed by atoms with Crippen LogP contribution in [0.4, 0.5) is 11.5 Å². The maximum Gasteiger partial charge on any atom is 0.229 e. The van der Waals surface area contributed by atoms with Crippen molar-refractivity contribution in [2.45, 2.75) is 33.1 Å². The normalized spacial score (nSPS) is 12.7. The largest absolute Gasteiger partial charge is 0.508 e. The van der Waals surface area contributed by atoms with Gasteiger partial charge in [0.05, 0.1) is 23.5 Å². The quantitative estimate of drug-likeness (QED) is 0.414. The van der Waals surface area contributed by atoms with Crippen molar-refractivity contribution < 1.29 is 9.90 Å². The molecule has 1 aliphatic rings. The number of carbonyl (C=O) groups is 1. The summed E-state index contributed by atoms with van der Waals surface area (Å²) in [5.74, 6) is 0.349. The lowest BCUT2D eigenvalue weighted by Gasteiger charge is -2.15. The Kier molecular flexibility index (Phi) is 7.26. The molecule has 2 aromatic carbocycles. The third kappa shape index (κ3) is 5.95. The van der Waals surface area contributed by atoms with Gasteiger partial charge in [-0.25, -0.2) is 9.97 Å². The highest BCUT2D eigenvalue weighted by Gasteiger charge is 2.17. The summed E-state index contributed by atoms with van der Waals surface area (Å²) in [6.07, 6.45) is 11.7.